The van der Waals surface area contributed by atoms with Crippen molar-refractivity contribution < 1.29 is 13.9 Å². The van der Waals surface area contributed by atoms with Gasteiger partial charge >= 0.3 is 0 Å². The molecular weight excluding hydrogens is 485 g/mol. The minimum atomic E-state index is -0.568. The van der Waals surface area contributed by atoms with Crippen LogP contribution in [0.25, 0.3) is 28.2 Å². The van der Waals surface area contributed by atoms with Gasteiger partial charge in [-0.1, -0.05) is 30.3 Å². The maximum atomic E-state index is 14.5. The molecule has 0 bridgehead atoms. The average molecular weight is 510 g/mol. The second kappa shape index (κ2) is 11.3. The van der Waals surface area contributed by atoms with Crippen LogP contribution in [0.15, 0.2) is 71.9 Å². The minimum Gasteiger partial charge on any atom is -0.379 e. The SMILES string of the molecule is N#Cc1cncc(/C=C/C(=O)c2c(-c3ccccc3)c3cc(F)cnc3n(CCN3CCOCC3)c2=O)c1. The molecular formula is C29H24FN5O3. The molecule has 1 aromatic carbocycles. The summed E-state index contributed by atoms with van der Waals surface area (Å²) in [5.74, 6) is -1.11. The van der Waals surface area contributed by atoms with Crippen molar-refractivity contribution >= 4 is 22.9 Å². The van der Waals surface area contributed by atoms with E-state index >= 15 is 0 Å². The van der Waals surface area contributed by atoms with Crippen LogP contribution in [0.4, 0.5) is 4.39 Å². The van der Waals surface area contributed by atoms with Gasteiger partial charge in [-0.3, -0.25) is 24.0 Å². The third-order valence-electron chi connectivity index (χ3n) is 6.44. The Morgan fingerprint density at radius 2 is 1.89 bits per heavy atom. The molecule has 0 aliphatic carbocycles. The molecule has 0 spiro atoms. The number of aromatic nitrogens is 3. The Morgan fingerprint density at radius 3 is 2.66 bits per heavy atom. The first-order valence-corrected chi connectivity index (χ1v) is 12.2. The lowest BCUT2D eigenvalue weighted by molar-refractivity contribution is 0.0364. The van der Waals surface area contributed by atoms with Gasteiger partial charge in [-0.15, -0.1) is 0 Å². The van der Waals surface area contributed by atoms with Crippen LogP contribution in [-0.4, -0.2) is 58.1 Å². The van der Waals surface area contributed by atoms with Crippen molar-refractivity contribution in [1.29, 1.82) is 5.26 Å². The van der Waals surface area contributed by atoms with E-state index in [9.17, 15) is 14.0 Å². The molecule has 1 saturated heterocycles. The summed E-state index contributed by atoms with van der Waals surface area (Å²) in [5, 5.41) is 9.52. The number of fused-ring (bicyclic) bond motifs is 1. The summed E-state index contributed by atoms with van der Waals surface area (Å²) in [7, 11) is 0. The summed E-state index contributed by atoms with van der Waals surface area (Å²) < 4.78 is 21.4. The predicted octanol–water partition coefficient (Wildman–Crippen LogP) is 3.70. The van der Waals surface area contributed by atoms with Gasteiger partial charge in [0.2, 0.25) is 0 Å². The van der Waals surface area contributed by atoms with Crippen molar-refractivity contribution in [2.24, 2.45) is 0 Å². The van der Waals surface area contributed by atoms with Crippen LogP contribution in [0.3, 0.4) is 0 Å². The Balaban J connectivity index is 1.67. The Morgan fingerprint density at radius 1 is 1.11 bits per heavy atom. The number of allylic oxidation sites excluding steroid dienone is 1. The molecule has 5 rings (SSSR count). The van der Waals surface area contributed by atoms with Gasteiger partial charge in [0.25, 0.3) is 5.56 Å². The van der Waals surface area contributed by atoms with Gasteiger partial charge in [0.1, 0.15) is 17.5 Å². The van der Waals surface area contributed by atoms with Gasteiger partial charge in [-0.25, -0.2) is 9.37 Å². The summed E-state index contributed by atoms with van der Waals surface area (Å²) >= 11 is 0. The molecule has 190 valence electrons. The number of hydrogen-bond donors (Lipinski definition) is 0. The smallest absolute Gasteiger partial charge is 0.264 e. The van der Waals surface area contributed by atoms with E-state index in [1.165, 1.54) is 35.2 Å². The second-order valence-corrected chi connectivity index (χ2v) is 8.87. The predicted molar refractivity (Wildman–Crippen MR) is 141 cm³/mol. The number of hydrogen-bond acceptors (Lipinski definition) is 7. The number of pyridine rings is 3. The zero-order valence-corrected chi connectivity index (χ0v) is 20.5. The molecule has 1 aliphatic heterocycles. The highest BCUT2D eigenvalue weighted by atomic mass is 19.1. The number of ketones is 1. The highest BCUT2D eigenvalue weighted by molar-refractivity contribution is 6.14. The summed E-state index contributed by atoms with van der Waals surface area (Å²) in [6, 6.07) is 13.9. The summed E-state index contributed by atoms with van der Waals surface area (Å²) in [5.41, 5.74) is 1.57. The number of halogens is 1. The van der Waals surface area contributed by atoms with Crippen molar-refractivity contribution in [1.82, 2.24) is 19.4 Å². The van der Waals surface area contributed by atoms with E-state index in [1.54, 1.807) is 30.3 Å². The molecule has 0 N–H and O–H groups in total. The molecule has 3 aromatic heterocycles. The van der Waals surface area contributed by atoms with Crippen molar-refractivity contribution in [3.8, 4) is 17.2 Å². The quantitative estimate of drug-likeness (QED) is 0.277. The first-order chi connectivity index (χ1) is 18.5. The lowest BCUT2D eigenvalue weighted by atomic mass is 9.94. The molecule has 0 amide bonds. The van der Waals surface area contributed by atoms with Gasteiger partial charge in [-0.2, -0.15) is 5.26 Å². The molecule has 38 heavy (non-hydrogen) atoms. The van der Waals surface area contributed by atoms with Gasteiger partial charge in [-0.05, 0) is 35.4 Å². The van der Waals surface area contributed by atoms with E-state index in [2.05, 4.69) is 14.9 Å². The molecule has 4 heterocycles. The average Bonchev–Trinajstić information content (AvgIpc) is 2.96. The van der Waals surface area contributed by atoms with Crippen molar-refractivity contribution in [3.63, 3.8) is 0 Å². The fourth-order valence-corrected chi connectivity index (χ4v) is 4.58. The van der Waals surface area contributed by atoms with E-state index in [0.29, 0.717) is 53.0 Å². The maximum absolute atomic E-state index is 14.5. The molecule has 8 nitrogen and oxygen atoms in total. The molecule has 4 aromatic rings. The molecule has 0 atom stereocenters. The van der Waals surface area contributed by atoms with Crippen LogP contribution < -0.4 is 5.56 Å². The van der Waals surface area contributed by atoms with Crippen molar-refractivity contribution in [2.45, 2.75) is 6.54 Å². The number of carbonyl (C=O) groups is 1. The Hall–Kier alpha value is -4.52. The van der Waals surface area contributed by atoms with Crippen LogP contribution in [0.1, 0.15) is 21.5 Å². The van der Waals surface area contributed by atoms with Crippen LogP contribution in [0.2, 0.25) is 0 Å². The van der Waals surface area contributed by atoms with Gasteiger partial charge in [0.15, 0.2) is 5.78 Å². The maximum Gasteiger partial charge on any atom is 0.264 e. The molecule has 0 unspecified atom stereocenters. The number of rotatable bonds is 7. The third-order valence-corrected chi connectivity index (χ3v) is 6.44. The van der Waals surface area contributed by atoms with Crippen LogP contribution in [-0.2, 0) is 11.3 Å². The summed E-state index contributed by atoms with van der Waals surface area (Å²) in [6.45, 7) is 3.53. The molecule has 0 radical (unpaired) electrons. The monoisotopic (exact) mass is 509 g/mol. The fraction of sp³-hybridized carbons (Fsp3) is 0.207. The Labute approximate surface area is 218 Å². The molecule has 1 fully saturated rings. The van der Waals surface area contributed by atoms with Crippen molar-refractivity contribution in [2.75, 3.05) is 32.8 Å². The van der Waals surface area contributed by atoms with Gasteiger partial charge in [0, 0.05) is 49.5 Å². The lowest BCUT2D eigenvalue weighted by Crippen LogP contribution is -2.40. The summed E-state index contributed by atoms with van der Waals surface area (Å²) in [6.07, 6.45) is 6.81. The van der Waals surface area contributed by atoms with E-state index in [0.717, 1.165) is 19.3 Å². The lowest BCUT2D eigenvalue weighted by Gasteiger charge is -2.27. The number of nitriles is 1. The highest BCUT2D eigenvalue weighted by Crippen LogP contribution is 2.31. The van der Waals surface area contributed by atoms with Gasteiger partial charge < -0.3 is 4.74 Å². The Kier molecular flexibility index (Phi) is 7.45. The van der Waals surface area contributed by atoms with Gasteiger partial charge in [0.05, 0.1) is 30.5 Å². The van der Waals surface area contributed by atoms with E-state index in [-0.39, 0.29) is 12.1 Å². The van der Waals surface area contributed by atoms with E-state index in [4.69, 9.17) is 10.00 Å². The minimum absolute atomic E-state index is 0.0706. The number of ether oxygens (including phenoxy) is 1. The topological polar surface area (TPSA) is 101 Å². The first kappa shape index (κ1) is 25.1. The molecule has 0 saturated carbocycles. The number of carbonyl (C=O) groups excluding carboxylic acids is 1. The number of morpholine rings is 1. The van der Waals surface area contributed by atoms with E-state index in [1.807, 2.05) is 12.1 Å². The van der Waals surface area contributed by atoms with Crippen LogP contribution in [0, 0.1) is 17.1 Å². The van der Waals surface area contributed by atoms with Crippen molar-refractivity contribution in [3.05, 3.63) is 100.0 Å². The molecule has 9 heteroatoms. The standard InChI is InChI=1S/C29H24FN5O3/c30-23-15-24-26(22-4-2-1-3-5-22)27(25(36)7-6-20-14-21(16-31)18-32-17-20)29(37)35(28(24)33-19-23)9-8-34-10-12-38-13-11-34/h1-7,14-15,17-19H,8-13H2/b7-6+. The summed E-state index contributed by atoms with van der Waals surface area (Å²) in [4.78, 5) is 38.1. The first-order valence-electron chi connectivity index (χ1n) is 12.2. The number of benzene rings is 1. The zero-order chi connectivity index (χ0) is 26.5. The third kappa shape index (κ3) is 5.27. The zero-order valence-electron chi connectivity index (χ0n) is 20.5. The largest absolute Gasteiger partial charge is 0.379 e. The van der Waals surface area contributed by atoms with E-state index < -0.39 is 17.2 Å². The normalized spacial score (nSPS) is 14.1. The molecule has 1 aliphatic rings. The van der Waals surface area contributed by atoms with Crippen LogP contribution >= 0.6 is 0 Å². The highest BCUT2D eigenvalue weighted by Gasteiger charge is 2.24. The van der Waals surface area contributed by atoms with Crippen LogP contribution in [0.5, 0.6) is 0 Å². The Bertz CT molecular complexity index is 1620. The fourth-order valence-electron chi connectivity index (χ4n) is 4.58. The number of nitrogens with zero attached hydrogens (tertiary/aromatic N) is 5. The second-order valence-electron chi connectivity index (χ2n) is 8.87.